The van der Waals surface area contributed by atoms with Gasteiger partial charge in [-0.25, -0.2) is 4.98 Å². The van der Waals surface area contributed by atoms with Crippen LogP contribution < -0.4 is 11.1 Å². The molecule has 3 aromatic heterocycles. The first kappa shape index (κ1) is 23.1. The number of nitrogens with zero attached hydrogens (tertiary/aromatic N) is 2. The Labute approximate surface area is 197 Å². The van der Waals surface area contributed by atoms with E-state index in [2.05, 4.69) is 16.9 Å². The van der Waals surface area contributed by atoms with Gasteiger partial charge in [-0.15, -0.1) is 11.3 Å². The summed E-state index contributed by atoms with van der Waals surface area (Å²) in [6.45, 7) is 4.36. The molecule has 0 saturated heterocycles. The number of benzene rings is 1. The number of anilines is 1. The number of nitrogens with one attached hydrogen (secondary N) is 1. The number of aromatic nitrogens is 2. The number of carbonyl (C=O) groups excluding carboxylic acids is 1. The van der Waals surface area contributed by atoms with E-state index in [1.54, 1.807) is 23.9 Å². The molecular weight excluding hydrogens is 460 g/mol. The topological polar surface area (TPSA) is 142 Å². The van der Waals surface area contributed by atoms with Gasteiger partial charge in [-0.3, -0.25) is 9.78 Å². The summed E-state index contributed by atoms with van der Waals surface area (Å²) in [4.78, 5) is 21.3. The minimum absolute atomic E-state index is 0.202. The van der Waals surface area contributed by atoms with Gasteiger partial charge in [0.25, 0.3) is 5.91 Å². The molecule has 4 aromatic rings. The number of pyridine rings is 2. The third-order valence-electron chi connectivity index (χ3n) is 5.13. The first-order valence-electron chi connectivity index (χ1n) is 9.94. The molecule has 0 atom stereocenters. The van der Waals surface area contributed by atoms with Crippen LogP contribution in [0.25, 0.3) is 38.3 Å². The highest BCUT2D eigenvalue weighted by Crippen LogP contribution is 2.40. The lowest BCUT2D eigenvalue weighted by Gasteiger charge is -2.18. The Balaban J connectivity index is 1.93. The Morgan fingerprint density at radius 2 is 2.09 bits per heavy atom. The van der Waals surface area contributed by atoms with Crippen LogP contribution in [-0.2, 0) is 5.97 Å². The number of thioether (sulfide) groups is 1. The van der Waals surface area contributed by atoms with Crippen molar-refractivity contribution in [3.8, 4) is 11.3 Å². The second-order valence-corrected chi connectivity index (χ2v) is 9.32. The molecule has 0 aliphatic rings. The van der Waals surface area contributed by atoms with Crippen LogP contribution >= 0.6 is 23.1 Å². The number of thiophene rings is 1. The zero-order valence-electron chi connectivity index (χ0n) is 17.7. The third kappa shape index (κ3) is 4.43. The molecule has 170 valence electrons. The summed E-state index contributed by atoms with van der Waals surface area (Å²) in [6, 6.07) is 8.84. The van der Waals surface area contributed by atoms with Gasteiger partial charge in [0.15, 0.2) is 0 Å². The summed E-state index contributed by atoms with van der Waals surface area (Å²) >= 11 is 3.02. The average molecular weight is 483 g/mol. The van der Waals surface area contributed by atoms with Crippen LogP contribution in [-0.4, -0.2) is 49.7 Å². The fourth-order valence-corrected chi connectivity index (χ4v) is 4.99. The van der Waals surface area contributed by atoms with E-state index in [1.165, 1.54) is 23.6 Å². The SMILES string of the molecule is C=Cc1cc(-c2ccc3c(ccc4sc(C(N)=O)c(NCCSC)c43)n2)c(C(O)(O)O)cn1. The zero-order chi connectivity index (χ0) is 23.8. The molecule has 0 spiro atoms. The van der Waals surface area contributed by atoms with Gasteiger partial charge in [-0.2, -0.15) is 11.8 Å². The molecule has 0 fully saturated rings. The lowest BCUT2D eigenvalue weighted by Crippen LogP contribution is -2.25. The minimum atomic E-state index is -3.08. The maximum atomic E-state index is 12.1. The molecule has 10 heteroatoms. The van der Waals surface area contributed by atoms with Gasteiger partial charge in [0.05, 0.1) is 28.2 Å². The van der Waals surface area contributed by atoms with Crippen molar-refractivity contribution in [2.24, 2.45) is 5.73 Å². The van der Waals surface area contributed by atoms with Crippen molar-refractivity contribution in [2.45, 2.75) is 5.97 Å². The predicted octanol–water partition coefficient (Wildman–Crippen LogP) is 3.12. The van der Waals surface area contributed by atoms with Gasteiger partial charge in [-0.1, -0.05) is 6.58 Å². The van der Waals surface area contributed by atoms with E-state index >= 15 is 0 Å². The van der Waals surface area contributed by atoms with Crippen LogP contribution in [0.2, 0.25) is 0 Å². The number of hydrogen-bond donors (Lipinski definition) is 5. The van der Waals surface area contributed by atoms with Crippen LogP contribution in [0.4, 0.5) is 5.69 Å². The Morgan fingerprint density at radius 3 is 2.76 bits per heavy atom. The standard InChI is InChI=1S/C23H22N4O4S2/c1-3-12-10-14(15(11-26-12)23(29,30)31)17-5-4-13-16(27-17)6-7-18-19(13)20(25-8-9-32-2)21(33-18)22(24)28/h3-7,10-11,25,29-31H,1,8-9H2,2H3,(H2,24,28). The smallest absolute Gasteiger partial charge is 0.306 e. The second-order valence-electron chi connectivity index (χ2n) is 7.29. The van der Waals surface area contributed by atoms with Crippen LogP contribution in [0.3, 0.4) is 0 Å². The molecule has 1 aromatic carbocycles. The fourth-order valence-electron chi connectivity index (χ4n) is 3.63. The van der Waals surface area contributed by atoms with E-state index in [0.29, 0.717) is 39.6 Å². The lowest BCUT2D eigenvalue weighted by atomic mass is 10.0. The Morgan fingerprint density at radius 1 is 1.30 bits per heavy atom. The molecule has 0 aliphatic carbocycles. The number of hydrogen-bond acceptors (Lipinski definition) is 9. The number of nitrogens with two attached hydrogens (primary N) is 1. The normalized spacial score (nSPS) is 11.8. The van der Waals surface area contributed by atoms with E-state index in [4.69, 9.17) is 10.7 Å². The predicted molar refractivity (Wildman–Crippen MR) is 134 cm³/mol. The average Bonchev–Trinajstić information content (AvgIpc) is 3.17. The molecule has 33 heavy (non-hydrogen) atoms. The first-order chi connectivity index (χ1) is 15.7. The van der Waals surface area contributed by atoms with Crippen molar-refractivity contribution in [1.29, 1.82) is 0 Å². The Bertz CT molecular complexity index is 1380. The summed E-state index contributed by atoms with van der Waals surface area (Å²) in [5, 5.41) is 34.4. The third-order valence-corrected chi connectivity index (χ3v) is 6.91. The summed E-state index contributed by atoms with van der Waals surface area (Å²) < 4.78 is 0.899. The number of primary amides is 1. The van der Waals surface area contributed by atoms with E-state index in [1.807, 2.05) is 24.5 Å². The number of rotatable bonds is 8. The highest BCUT2D eigenvalue weighted by atomic mass is 32.2. The van der Waals surface area contributed by atoms with Gasteiger partial charge < -0.3 is 26.4 Å². The van der Waals surface area contributed by atoms with E-state index in [9.17, 15) is 20.1 Å². The van der Waals surface area contributed by atoms with Crippen LogP contribution in [0.1, 0.15) is 20.9 Å². The van der Waals surface area contributed by atoms with Crippen LogP contribution in [0, 0.1) is 0 Å². The Hall–Kier alpha value is -3.02. The summed E-state index contributed by atoms with van der Waals surface area (Å²) in [5.74, 6) is -2.71. The molecule has 4 rings (SSSR count). The summed E-state index contributed by atoms with van der Waals surface area (Å²) in [7, 11) is 0. The molecule has 0 radical (unpaired) electrons. The maximum absolute atomic E-state index is 12.1. The van der Waals surface area contributed by atoms with Crippen molar-refractivity contribution in [3.05, 3.63) is 59.2 Å². The number of fused-ring (bicyclic) bond motifs is 3. The first-order valence-corrected chi connectivity index (χ1v) is 12.1. The van der Waals surface area contributed by atoms with Crippen molar-refractivity contribution in [3.63, 3.8) is 0 Å². The highest BCUT2D eigenvalue weighted by Gasteiger charge is 2.27. The van der Waals surface area contributed by atoms with Gasteiger partial charge in [0.2, 0.25) is 0 Å². The largest absolute Gasteiger partial charge is 0.382 e. The van der Waals surface area contributed by atoms with Crippen molar-refractivity contribution < 1.29 is 20.1 Å². The molecule has 0 saturated carbocycles. The van der Waals surface area contributed by atoms with Crippen molar-refractivity contribution in [1.82, 2.24) is 9.97 Å². The van der Waals surface area contributed by atoms with Crippen molar-refractivity contribution >= 4 is 61.8 Å². The van der Waals surface area contributed by atoms with Gasteiger partial charge in [0, 0.05) is 39.5 Å². The minimum Gasteiger partial charge on any atom is -0.382 e. The molecule has 0 unspecified atom stereocenters. The van der Waals surface area contributed by atoms with Crippen LogP contribution in [0.15, 0.2) is 43.1 Å². The quantitative estimate of drug-likeness (QED) is 0.191. The fraction of sp³-hybridized carbons (Fsp3) is 0.174. The molecular formula is C23H22N4O4S2. The number of aliphatic hydroxyl groups is 3. The van der Waals surface area contributed by atoms with Gasteiger partial charge in [0.1, 0.15) is 4.88 Å². The summed E-state index contributed by atoms with van der Waals surface area (Å²) in [5.41, 5.74) is 7.95. The maximum Gasteiger partial charge on any atom is 0.306 e. The zero-order valence-corrected chi connectivity index (χ0v) is 19.3. The summed E-state index contributed by atoms with van der Waals surface area (Å²) in [6.07, 6.45) is 4.69. The van der Waals surface area contributed by atoms with E-state index < -0.39 is 11.9 Å². The lowest BCUT2D eigenvalue weighted by molar-refractivity contribution is -0.323. The number of amides is 1. The van der Waals surface area contributed by atoms with Gasteiger partial charge >= 0.3 is 5.97 Å². The Kier molecular flexibility index (Phi) is 6.37. The van der Waals surface area contributed by atoms with E-state index in [-0.39, 0.29) is 5.56 Å². The van der Waals surface area contributed by atoms with Crippen molar-refractivity contribution in [2.75, 3.05) is 23.9 Å². The molecule has 3 heterocycles. The van der Waals surface area contributed by atoms with Gasteiger partial charge in [-0.05, 0) is 42.7 Å². The molecule has 1 amide bonds. The second kappa shape index (κ2) is 9.08. The monoisotopic (exact) mass is 482 g/mol. The molecule has 0 bridgehead atoms. The molecule has 8 nitrogen and oxygen atoms in total. The highest BCUT2D eigenvalue weighted by molar-refractivity contribution is 7.98. The molecule has 6 N–H and O–H groups in total. The molecule has 0 aliphatic heterocycles. The van der Waals surface area contributed by atoms with Crippen LogP contribution in [0.5, 0.6) is 0 Å². The van der Waals surface area contributed by atoms with E-state index in [0.717, 1.165) is 21.2 Å². The number of carbonyl (C=O) groups is 1.